The molecule has 8 nitrogen and oxygen atoms in total. The number of para-hydroxylation sites is 1. The van der Waals surface area contributed by atoms with Crippen molar-refractivity contribution in [2.75, 3.05) is 32.0 Å². The second kappa shape index (κ2) is 6.34. The van der Waals surface area contributed by atoms with Gasteiger partial charge in [-0.2, -0.15) is 4.98 Å². The molecule has 0 spiro atoms. The van der Waals surface area contributed by atoms with Crippen molar-refractivity contribution in [3.05, 3.63) is 48.4 Å². The monoisotopic (exact) mass is 365 g/mol. The standard InChI is InChI=1S/C19H19N5O3/c20-19-22-17-13(2-1-3-15(17)27-19)12-4-5-16-21-10-14(24(16)11-12)18(25)23-6-8-26-9-7-23/h1-5,10-11,18,25H,6-9H2,(H2,20,22). The van der Waals surface area contributed by atoms with Gasteiger partial charge in [0.25, 0.3) is 6.01 Å². The summed E-state index contributed by atoms with van der Waals surface area (Å²) in [5.41, 5.74) is 10.4. The molecule has 0 saturated carbocycles. The summed E-state index contributed by atoms with van der Waals surface area (Å²) < 4.78 is 12.7. The van der Waals surface area contributed by atoms with Crippen LogP contribution in [0.2, 0.25) is 0 Å². The Labute approximate surface area is 154 Å². The number of hydrogen-bond donors (Lipinski definition) is 2. The molecule has 1 aliphatic rings. The lowest BCUT2D eigenvalue weighted by atomic mass is 10.1. The number of hydrogen-bond acceptors (Lipinski definition) is 7. The van der Waals surface area contributed by atoms with E-state index in [2.05, 4.69) is 9.97 Å². The van der Waals surface area contributed by atoms with Crippen molar-refractivity contribution in [3.63, 3.8) is 0 Å². The predicted octanol–water partition coefficient (Wildman–Crippen LogP) is 2.05. The maximum absolute atomic E-state index is 10.8. The summed E-state index contributed by atoms with van der Waals surface area (Å²) in [6.45, 7) is 2.61. The van der Waals surface area contributed by atoms with Gasteiger partial charge in [0, 0.05) is 30.4 Å². The minimum Gasteiger partial charge on any atom is -0.424 e. The molecule has 1 saturated heterocycles. The third-order valence-corrected chi connectivity index (χ3v) is 4.94. The third kappa shape index (κ3) is 2.74. The number of ether oxygens (including phenoxy) is 1. The molecule has 0 aliphatic carbocycles. The fourth-order valence-electron chi connectivity index (χ4n) is 3.56. The Morgan fingerprint density at radius 1 is 1.15 bits per heavy atom. The first-order valence-corrected chi connectivity index (χ1v) is 8.83. The van der Waals surface area contributed by atoms with Crippen LogP contribution in [0, 0.1) is 0 Å². The molecule has 1 fully saturated rings. The minimum absolute atomic E-state index is 0.143. The van der Waals surface area contributed by atoms with Crippen LogP contribution in [0.5, 0.6) is 0 Å². The number of imidazole rings is 1. The summed E-state index contributed by atoms with van der Waals surface area (Å²) in [5, 5.41) is 10.8. The average Bonchev–Trinajstić information content (AvgIpc) is 3.29. The van der Waals surface area contributed by atoms with Crippen LogP contribution in [0.25, 0.3) is 27.9 Å². The Bertz CT molecular complexity index is 1110. The Kier molecular flexibility index (Phi) is 3.82. The van der Waals surface area contributed by atoms with E-state index in [9.17, 15) is 5.11 Å². The van der Waals surface area contributed by atoms with Crippen LogP contribution in [0.4, 0.5) is 6.01 Å². The third-order valence-electron chi connectivity index (χ3n) is 4.94. The molecule has 3 N–H and O–H groups in total. The highest BCUT2D eigenvalue weighted by molar-refractivity contribution is 5.91. The fourth-order valence-corrected chi connectivity index (χ4v) is 3.56. The van der Waals surface area contributed by atoms with Gasteiger partial charge in [-0.15, -0.1) is 0 Å². The number of oxazole rings is 1. The van der Waals surface area contributed by atoms with Gasteiger partial charge in [0.05, 0.1) is 25.1 Å². The largest absolute Gasteiger partial charge is 0.424 e. The Morgan fingerprint density at radius 3 is 2.85 bits per heavy atom. The molecule has 4 heterocycles. The number of nitrogen functional groups attached to an aromatic ring is 1. The highest BCUT2D eigenvalue weighted by atomic mass is 16.5. The molecule has 27 heavy (non-hydrogen) atoms. The molecular formula is C19H19N5O3. The molecular weight excluding hydrogens is 346 g/mol. The second-order valence-electron chi connectivity index (χ2n) is 6.56. The van der Waals surface area contributed by atoms with Crippen molar-refractivity contribution >= 4 is 22.8 Å². The van der Waals surface area contributed by atoms with Crippen molar-refractivity contribution in [2.45, 2.75) is 6.23 Å². The summed E-state index contributed by atoms with van der Waals surface area (Å²) >= 11 is 0. The Balaban J connectivity index is 1.60. The number of pyridine rings is 1. The maximum Gasteiger partial charge on any atom is 0.293 e. The number of rotatable bonds is 3. The summed E-state index contributed by atoms with van der Waals surface area (Å²) in [6, 6.07) is 9.76. The van der Waals surface area contributed by atoms with E-state index in [0.29, 0.717) is 37.4 Å². The molecule has 3 aromatic heterocycles. The molecule has 8 heteroatoms. The molecule has 1 aliphatic heterocycles. The molecule has 4 aromatic rings. The number of anilines is 1. The number of nitrogens with zero attached hydrogens (tertiary/aromatic N) is 4. The van der Waals surface area contributed by atoms with Crippen molar-refractivity contribution < 1.29 is 14.3 Å². The van der Waals surface area contributed by atoms with E-state index in [1.165, 1.54) is 0 Å². The van der Waals surface area contributed by atoms with E-state index in [4.69, 9.17) is 14.9 Å². The van der Waals surface area contributed by atoms with Crippen LogP contribution in [0.3, 0.4) is 0 Å². The Morgan fingerprint density at radius 2 is 2.00 bits per heavy atom. The van der Waals surface area contributed by atoms with E-state index in [1.54, 1.807) is 6.20 Å². The van der Waals surface area contributed by atoms with E-state index in [-0.39, 0.29) is 6.01 Å². The van der Waals surface area contributed by atoms with E-state index >= 15 is 0 Å². The summed E-state index contributed by atoms with van der Waals surface area (Å²) in [4.78, 5) is 10.7. The lowest BCUT2D eigenvalue weighted by Gasteiger charge is -2.30. The van der Waals surface area contributed by atoms with Gasteiger partial charge < -0.3 is 20.0 Å². The minimum atomic E-state index is -0.738. The summed E-state index contributed by atoms with van der Waals surface area (Å²) in [6.07, 6.45) is 2.94. The van der Waals surface area contributed by atoms with Gasteiger partial charge in [-0.05, 0) is 18.2 Å². The van der Waals surface area contributed by atoms with Crippen LogP contribution >= 0.6 is 0 Å². The van der Waals surface area contributed by atoms with Crippen molar-refractivity contribution in [1.29, 1.82) is 0 Å². The van der Waals surface area contributed by atoms with Crippen molar-refractivity contribution in [2.24, 2.45) is 0 Å². The summed E-state index contributed by atoms with van der Waals surface area (Å²) in [5.74, 6) is 0. The molecule has 1 aromatic carbocycles. The topological polar surface area (TPSA) is 102 Å². The smallest absolute Gasteiger partial charge is 0.293 e. The number of aliphatic hydroxyl groups excluding tert-OH is 1. The van der Waals surface area contributed by atoms with Crippen molar-refractivity contribution in [1.82, 2.24) is 19.3 Å². The van der Waals surface area contributed by atoms with Crippen LogP contribution in [0.15, 0.2) is 47.1 Å². The first-order valence-electron chi connectivity index (χ1n) is 8.83. The van der Waals surface area contributed by atoms with Gasteiger partial charge in [0.15, 0.2) is 11.8 Å². The molecule has 0 amide bonds. The highest BCUT2D eigenvalue weighted by Gasteiger charge is 2.23. The molecule has 0 bridgehead atoms. The average molecular weight is 365 g/mol. The number of aromatic nitrogens is 3. The van der Waals surface area contributed by atoms with Crippen LogP contribution in [-0.2, 0) is 4.74 Å². The quantitative estimate of drug-likeness (QED) is 0.573. The second-order valence-corrected chi connectivity index (χ2v) is 6.56. The van der Waals surface area contributed by atoms with E-state index in [1.807, 2.05) is 45.8 Å². The SMILES string of the molecule is Nc1nc2c(-c3ccc4ncc(C(O)N5CCOCC5)n4c3)cccc2o1. The van der Waals surface area contributed by atoms with Gasteiger partial charge in [-0.1, -0.05) is 12.1 Å². The number of nitrogens with two attached hydrogens (primary N) is 1. The number of aliphatic hydroxyl groups is 1. The predicted molar refractivity (Wildman–Crippen MR) is 100.0 cm³/mol. The number of morpholine rings is 1. The van der Waals surface area contributed by atoms with Gasteiger partial charge in [0.1, 0.15) is 11.2 Å². The molecule has 1 atom stereocenters. The normalized spacial score (nSPS) is 16.9. The first-order chi connectivity index (χ1) is 13.2. The van der Waals surface area contributed by atoms with Crippen LogP contribution < -0.4 is 5.73 Å². The Hall–Kier alpha value is -2.94. The maximum atomic E-state index is 10.8. The zero-order valence-corrected chi connectivity index (χ0v) is 14.6. The zero-order chi connectivity index (χ0) is 18.4. The molecule has 138 valence electrons. The molecule has 0 radical (unpaired) electrons. The highest BCUT2D eigenvalue weighted by Crippen LogP contribution is 2.30. The summed E-state index contributed by atoms with van der Waals surface area (Å²) in [7, 11) is 0. The van der Waals surface area contributed by atoms with E-state index < -0.39 is 6.23 Å². The zero-order valence-electron chi connectivity index (χ0n) is 14.6. The van der Waals surface area contributed by atoms with Crippen LogP contribution in [-0.4, -0.2) is 50.7 Å². The van der Waals surface area contributed by atoms with Gasteiger partial charge in [0.2, 0.25) is 0 Å². The van der Waals surface area contributed by atoms with Crippen LogP contribution in [0.1, 0.15) is 11.9 Å². The first kappa shape index (κ1) is 16.2. The molecule has 1 unspecified atom stereocenters. The van der Waals surface area contributed by atoms with Gasteiger partial charge in [-0.25, -0.2) is 4.98 Å². The van der Waals surface area contributed by atoms with Crippen molar-refractivity contribution in [3.8, 4) is 11.1 Å². The lowest BCUT2D eigenvalue weighted by Crippen LogP contribution is -2.39. The molecule has 5 rings (SSSR count). The number of fused-ring (bicyclic) bond motifs is 2. The fraction of sp³-hybridized carbons (Fsp3) is 0.263. The number of benzene rings is 1. The van der Waals surface area contributed by atoms with Gasteiger partial charge in [-0.3, -0.25) is 9.30 Å². The lowest BCUT2D eigenvalue weighted by molar-refractivity contribution is -0.0626. The van der Waals surface area contributed by atoms with Gasteiger partial charge >= 0.3 is 0 Å². The van der Waals surface area contributed by atoms with E-state index in [0.717, 1.165) is 22.5 Å².